The molecule has 0 saturated heterocycles. The molecule has 1 N–H and O–H groups in total. The van der Waals surface area contributed by atoms with E-state index in [0.717, 1.165) is 12.1 Å². The van der Waals surface area contributed by atoms with Gasteiger partial charge < -0.3 is 10.1 Å². The van der Waals surface area contributed by atoms with E-state index in [1.165, 1.54) is 28.3 Å². The van der Waals surface area contributed by atoms with Crippen LogP contribution >= 0.6 is 34.5 Å². The van der Waals surface area contributed by atoms with Gasteiger partial charge in [0.2, 0.25) is 4.80 Å². The van der Waals surface area contributed by atoms with Crippen LogP contribution in [0.4, 0.5) is 20.2 Å². The van der Waals surface area contributed by atoms with Gasteiger partial charge in [-0.2, -0.15) is 5.10 Å². The first kappa shape index (κ1) is 23.2. The minimum Gasteiger partial charge on any atom is -0.482 e. The van der Waals surface area contributed by atoms with E-state index < -0.39 is 11.6 Å². The summed E-state index contributed by atoms with van der Waals surface area (Å²) in [6, 6.07) is 13.4. The number of amides is 1. The average molecular weight is 531 g/mol. The van der Waals surface area contributed by atoms with E-state index in [1.54, 1.807) is 30.3 Å². The number of fused-ring (bicyclic) bond motifs is 1. The van der Waals surface area contributed by atoms with Crippen molar-refractivity contribution < 1.29 is 18.3 Å². The van der Waals surface area contributed by atoms with Crippen LogP contribution in [-0.2, 0) is 4.79 Å². The van der Waals surface area contributed by atoms with Crippen molar-refractivity contribution in [2.75, 3.05) is 11.9 Å². The third kappa shape index (κ3) is 4.97. The van der Waals surface area contributed by atoms with Crippen LogP contribution in [0.15, 0.2) is 70.1 Å². The molecular weight excluding hydrogens is 517 g/mol. The van der Waals surface area contributed by atoms with E-state index >= 15 is 0 Å². The second kappa shape index (κ2) is 9.61. The summed E-state index contributed by atoms with van der Waals surface area (Å²) in [4.78, 5) is 16.8. The quantitative estimate of drug-likeness (QED) is 0.317. The van der Waals surface area contributed by atoms with Gasteiger partial charge in [0.05, 0.1) is 28.3 Å². The SMILES string of the molecule is O=C1COc2ccc(-c3csc(=Nc4ccc(Cl)cc4Cl)n3N=Cc3ccc(F)cc3F)cc2N1. The number of hydrogen-bond donors (Lipinski definition) is 1. The summed E-state index contributed by atoms with van der Waals surface area (Å²) in [5.74, 6) is -1.15. The fourth-order valence-electron chi connectivity index (χ4n) is 3.33. The van der Waals surface area contributed by atoms with Crippen LogP contribution in [0, 0.1) is 11.6 Å². The maximum Gasteiger partial charge on any atom is 0.262 e. The zero-order chi connectivity index (χ0) is 24.5. The number of hydrogen-bond acceptors (Lipinski definition) is 5. The molecular formula is C24H14Cl2F2N4O2S. The molecule has 1 aliphatic rings. The first-order valence-electron chi connectivity index (χ1n) is 10.1. The molecule has 0 fully saturated rings. The third-order valence-corrected chi connectivity index (χ3v) is 6.35. The number of nitrogens with one attached hydrogen (secondary N) is 1. The predicted octanol–water partition coefficient (Wildman–Crippen LogP) is 6.25. The molecule has 0 spiro atoms. The summed E-state index contributed by atoms with van der Waals surface area (Å²) in [5.41, 5.74) is 2.39. The number of aromatic nitrogens is 1. The molecule has 5 rings (SSSR count). The summed E-state index contributed by atoms with van der Waals surface area (Å²) in [7, 11) is 0. The topological polar surface area (TPSA) is 68.0 Å². The molecule has 3 aromatic carbocycles. The first-order valence-corrected chi connectivity index (χ1v) is 11.8. The Hall–Kier alpha value is -3.53. The minimum atomic E-state index is -0.751. The van der Waals surface area contributed by atoms with Crippen molar-refractivity contribution >= 4 is 58.0 Å². The maximum absolute atomic E-state index is 14.2. The molecule has 0 saturated carbocycles. The monoisotopic (exact) mass is 530 g/mol. The molecule has 0 bridgehead atoms. The Bertz CT molecular complexity index is 1570. The Morgan fingerprint density at radius 3 is 2.74 bits per heavy atom. The van der Waals surface area contributed by atoms with Crippen molar-refractivity contribution in [2.24, 2.45) is 10.1 Å². The highest BCUT2D eigenvalue weighted by Gasteiger charge is 2.18. The van der Waals surface area contributed by atoms with Gasteiger partial charge in [0.25, 0.3) is 5.91 Å². The molecule has 35 heavy (non-hydrogen) atoms. The molecule has 2 heterocycles. The highest BCUT2D eigenvalue weighted by molar-refractivity contribution is 7.07. The summed E-state index contributed by atoms with van der Waals surface area (Å²) < 4.78 is 34.5. The molecule has 1 aromatic heterocycles. The number of benzene rings is 3. The van der Waals surface area contributed by atoms with E-state index in [1.807, 2.05) is 11.4 Å². The highest BCUT2D eigenvalue weighted by Crippen LogP contribution is 2.33. The van der Waals surface area contributed by atoms with Gasteiger partial charge in [0.15, 0.2) is 6.61 Å². The number of nitrogens with zero attached hydrogens (tertiary/aromatic N) is 3. The van der Waals surface area contributed by atoms with Crippen molar-refractivity contribution in [1.29, 1.82) is 0 Å². The summed E-state index contributed by atoms with van der Waals surface area (Å²) in [5, 5.41) is 9.84. The molecule has 1 amide bonds. The maximum atomic E-state index is 14.2. The molecule has 11 heteroatoms. The van der Waals surface area contributed by atoms with Gasteiger partial charge in [-0.05, 0) is 48.5 Å². The van der Waals surface area contributed by atoms with Crippen molar-refractivity contribution in [2.45, 2.75) is 0 Å². The van der Waals surface area contributed by atoms with Crippen LogP contribution in [0.25, 0.3) is 11.3 Å². The smallest absolute Gasteiger partial charge is 0.262 e. The van der Waals surface area contributed by atoms with Gasteiger partial charge in [-0.3, -0.25) is 4.79 Å². The normalized spacial score (nSPS) is 13.6. The molecule has 0 unspecified atom stereocenters. The molecule has 0 aliphatic carbocycles. The largest absolute Gasteiger partial charge is 0.482 e. The Morgan fingerprint density at radius 1 is 1.09 bits per heavy atom. The summed E-state index contributed by atoms with van der Waals surface area (Å²) >= 11 is 13.6. The van der Waals surface area contributed by atoms with Crippen LogP contribution in [0.5, 0.6) is 5.75 Å². The summed E-state index contributed by atoms with van der Waals surface area (Å²) in [6.07, 6.45) is 1.27. The Balaban J connectivity index is 1.65. The standard InChI is InChI=1S/C24H14Cl2F2N4O2S/c25-15-3-5-19(17(26)8-15)31-24-32(29-10-14-1-4-16(27)9-18(14)28)21(12-35-24)13-2-6-22-20(7-13)30-23(33)11-34-22/h1-10,12H,11H2,(H,30,33). The number of thiazole rings is 1. The van der Waals surface area contributed by atoms with Gasteiger partial charge in [-0.15, -0.1) is 11.3 Å². The fraction of sp³-hybridized carbons (Fsp3) is 0.0417. The van der Waals surface area contributed by atoms with Crippen LogP contribution in [0.1, 0.15) is 5.56 Å². The van der Waals surface area contributed by atoms with Gasteiger partial charge in [0.1, 0.15) is 17.4 Å². The fourth-order valence-corrected chi connectivity index (χ4v) is 4.63. The van der Waals surface area contributed by atoms with E-state index in [9.17, 15) is 13.6 Å². The summed E-state index contributed by atoms with van der Waals surface area (Å²) in [6.45, 7) is -0.0524. The molecule has 0 atom stereocenters. The second-order valence-electron chi connectivity index (χ2n) is 7.38. The van der Waals surface area contributed by atoms with E-state index in [2.05, 4.69) is 15.4 Å². The number of ether oxygens (including phenoxy) is 1. The predicted molar refractivity (Wildman–Crippen MR) is 133 cm³/mol. The highest BCUT2D eigenvalue weighted by atomic mass is 35.5. The van der Waals surface area contributed by atoms with Crippen molar-refractivity contribution in [3.05, 3.63) is 92.0 Å². The lowest BCUT2D eigenvalue weighted by molar-refractivity contribution is -0.118. The molecule has 1 aliphatic heterocycles. The van der Waals surface area contributed by atoms with Gasteiger partial charge >= 0.3 is 0 Å². The van der Waals surface area contributed by atoms with E-state index in [-0.39, 0.29) is 18.1 Å². The van der Waals surface area contributed by atoms with Crippen molar-refractivity contribution in [1.82, 2.24) is 4.68 Å². The number of rotatable bonds is 4. The first-order chi connectivity index (χ1) is 16.9. The van der Waals surface area contributed by atoms with Crippen molar-refractivity contribution in [3.63, 3.8) is 0 Å². The van der Waals surface area contributed by atoms with Crippen LogP contribution in [0.2, 0.25) is 10.0 Å². The van der Waals surface area contributed by atoms with Crippen molar-refractivity contribution in [3.8, 4) is 17.0 Å². The molecule has 0 radical (unpaired) electrons. The van der Waals surface area contributed by atoms with Gasteiger partial charge in [-0.1, -0.05) is 23.2 Å². The Morgan fingerprint density at radius 2 is 1.94 bits per heavy atom. The number of anilines is 1. The molecule has 6 nitrogen and oxygen atoms in total. The van der Waals surface area contributed by atoms with Crippen LogP contribution < -0.4 is 14.9 Å². The van der Waals surface area contributed by atoms with Gasteiger partial charge in [-0.25, -0.2) is 18.4 Å². The lowest BCUT2D eigenvalue weighted by Gasteiger charge is -2.18. The Kier molecular flexibility index (Phi) is 6.38. The number of carbonyl (C=O) groups excluding carboxylic acids is 1. The molecule has 176 valence electrons. The van der Waals surface area contributed by atoms with E-state index in [4.69, 9.17) is 27.9 Å². The average Bonchev–Trinajstić information content (AvgIpc) is 3.22. The minimum absolute atomic E-state index is 0.0524. The lowest BCUT2D eigenvalue weighted by atomic mass is 10.1. The zero-order valence-electron chi connectivity index (χ0n) is 17.6. The second-order valence-corrected chi connectivity index (χ2v) is 9.06. The third-order valence-electron chi connectivity index (χ3n) is 4.99. The number of halogens is 4. The Labute approximate surface area is 211 Å². The van der Waals surface area contributed by atoms with Gasteiger partial charge in [0, 0.05) is 27.6 Å². The van der Waals surface area contributed by atoms with Crippen LogP contribution in [0.3, 0.4) is 0 Å². The lowest BCUT2D eigenvalue weighted by Crippen LogP contribution is -2.25. The van der Waals surface area contributed by atoms with Crippen LogP contribution in [-0.4, -0.2) is 23.4 Å². The molecule has 4 aromatic rings. The zero-order valence-corrected chi connectivity index (χ0v) is 20.0. The van der Waals surface area contributed by atoms with E-state index in [0.29, 0.717) is 43.2 Å². The number of carbonyl (C=O) groups is 1.